The number of hydrogen-bond acceptors (Lipinski definition) is 5. The molecule has 1 aliphatic heterocycles. The Balaban J connectivity index is 1.37. The van der Waals surface area contributed by atoms with Gasteiger partial charge < -0.3 is 14.8 Å². The fourth-order valence-electron chi connectivity index (χ4n) is 4.15. The lowest BCUT2D eigenvalue weighted by atomic mass is 9.93. The SMILES string of the molecule is Cc1cc(C2(C(=O)Nc3cccc(-c4ccc5c(c4)CCO5)n3)CC2)ccc1OC=O. The normalized spacial score (nSPS) is 15.5. The zero-order valence-electron chi connectivity index (χ0n) is 17.2. The van der Waals surface area contributed by atoms with Gasteiger partial charge in [0.1, 0.15) is 17.3 Å². The molecule has 0 unspecified atom stereocenters. The molecule has 1 amide bonds. The van der Waals surface area contributed by atoms with E-state index in [4.69, 9.17) is 9.47 Å². The average molecular weight is 414 g/mol. The van der Waals surface area contributed by atoms with Crippen LogP contribution in [-0.4, -0.2) is 24.0 Å². The molecule has 1 N–H and O–H groups in total. The maximum Gasteiger partial charge on any atom is 0.298 e. The highest BCUT2D eigenvalue weighted by Gasteiger charge is 2.51. The van der Waals surface area contributed by atoms with E-state index in [1.165, 1.54) is 5.56 Å². The number of fused-ring (bicyclic) bond motifs is 1. The van der Waals surface area contributed by atoms with Gasteiger partial charge in [-0.15, -0.1) is 0 Å². The first-order valence-electron chi connectivity index (χ1n) is 10.4. The van der Waals surface area contributed by atoms with Crippen molar-refractivity contribution in [1.82, 2.24) is 4.98 Å². The van der Waals surface area contributed by atoms with Crippen LogP contribution in [0.1, 0.15) is 29.5 Å². The van der Waals surface area contributed by atoms with Crippen molar-refractivity contribution in [3.63, 3.8) is 0 Å². The number of hydrogen-bond donors (Lipinski definition) is 1. The molecular weight excluding hydrogens is 392 g/mol. The summed E-state index contributed by atoms with van der Waals surface area (Å²) in [6, 6.07) is 17.2. The van der Waals surface area contributed by atoms with Gasteiger partial charge in [0.2, 0.25) is 5.91 Å². The molecule has 0 radical (unpaired) electrons. The number of nitrogens with zero attached hydrogens (tertiary/aromatic N) is 1. The van der Waals surface area contributed by atoms with Gasteiger partial charge in [0, 0.05) is 12.0 Å². The van der Waals surface area contributed by atoms with Crippen LogP contribution in [0.15, 0.2) is 54.6 Å². The summed E-state index contributed by atoms with van der Waals surface area (Å²) in [6.45, 7) is 2.99. The van der Waals surface area contributed by atoms with Crippen LogP contribution in [-0.2, 0) is 21.4 Å². The Kier molecular flexibility index (Phi) is 4.70. The van der Waals surface area contributed by atoms with E-state index in [0.29, 0.717) is 24.6 Å². The molecule has 6 nitrogen and oxygen atoms in total. The second-order valence-corrected chi connectivity index (χ2v) is 8.06. The van der Waals surface area contributed by atoms with E-state index in [2.05, 4.69) is 16.4 Å². The first kappa shape index (κ1) is 19.3. The number of amides is 1. The fourth-order valence-corrected chi connectivity index (χ4v) is 4.15. The molecule has 0 saturated heterocycles. The molecule has 6 heteroatoms. The predicted octanol–water partition coefficient (Wildman–Crippen LogP) is 4.20. The van der Waals surface area contributed by atoms with Crippen molar-refractivity contribution in [2.75, 3.05) is 11.9 Å². The topological polar surface area (TPSA) is 77.5 Å². The summed E-state index contributed by atoms with van der Waals surface area (Å²) in [7, 11) is 0. The molecule has 2 aliphatic rings. The number of nitrogens with one attached hydrogen (secondary N) is 1. The molecule has 2 aromatic carbocycles. The Labute approximate surface area is 180 Å². The summed E-state index contributed by atoms with van der Waals surface area (Å²) >= 11 is 0. The van der Waals surface area contributed by atoms with Gasteiger partial charge in [0.15, 0.2) is 0 Å². The van der Waals surface area contributed by atoms with Gasteiger partial charge >= 0.3 is 0 Å². The number of ether oxygens (including phenoxy) is 2. The van der Waals surface area contributed by atoms with E-state index in [-0.39, 0.29) is 5.91 Å². The minimum Gasteiger partial charge on any atom is -0.493 e. The van der Waals surface area contributed by atoms with Crippen molar-refractivity contribution in [1.29, 1.82) is 0 Å². The van der Waals surface area contributed by atoms with Crippen molar-refractivity contribution in [2.24, 2.45) is 0 Å². The number of carbonyl (C=O) groups excluding carboxylic acids is 2. The van der Waals surface area contributed by atoms with Crippen molar-refractivity contribution in [3.8, 4) is 22.8 Å². The third kappa shape index (κ3) is 3.54. The van der Waals surface area contributed by atoms with Crippen LogP contribution in [0.4, 0.5) is 5.82 Å². The molecule has 5 rings (SSSR count). The van der Waals surface area contributed by atoms with Crippen LogP contribution in [0.5, 0.6) is 11.5 Å². The van der Waals surface area contributed by atoms with Gasteiger partial charge in [-0.25, -0.2) is 4.98 Å². The Morgan fingerprint density at radius 3 is 2.81 bits per heavy atom. The summed E-state index contributed by atoms with van der Waals surface area (Å²) in [5.41, 5.74) is 4.18. The Morgan fingerprint density at radius 2 is 2.03 bits per heavy atom. The van der Waals surface area contributed by atoms with Crippen LogP contribution in [0.2, 0.25) is 0 Å². The molecule has 1 aromatic heterocycles. The lowest BCUT2D eigenvalue weighted by molar-refractivity contribution is -0.121. The second-order valence-electron chi connectivity index (χ2n) is 8.06. The van der Waals surface area contributed by atoms with Crippen LogP contribution >= 0.6 is 0 Å². The monoisotopic (exact) mass is 414 g/mol. The maximum absolute atomic E-state index is 13.2. The summed E-state index contributed by atoms with van der Waals surface area (Å²) in [4.78, 5) is 28.5. The van der Waals surface area contributed by atoms with Gasteiger partial charge in [0.05, 0.1) is 17.7 Å². The number of aryl methyl sites for hydroxylation is 1. The number of aromatic nitrogens is 1. The van der Waals surface area contributed by atoms with E-state index < -0.39 is 5.41 Å². The molecule has 156 valence electrons. The smallest absolute Gasteiger partial charge is 0.298 e. The molecule has 1 aliphatic carbocycles. The van der Waals surface area contributed by atoms with Crippen molar-refractivity contribution in [2.45, 2.75) is 31.6 Å². The van der Waals surface area contributed by atoms with Crippen LogP contribution in [0.25, 0.3) is 11.3 Å². The standard InChI is InChI=1S/C25H22N2O4/c1-16-13-19(6-8-21(16)31-15-28)25(10-11-25)24(29)27-23-4-2-3-20(26-23)17-5-7-22-18(14-17)9-12-30-22/h2-8,13-15H,9-12H2,1H3,(H,26,27,29). The number of carbonyl (C=O) groups is 2. The number of benzene rings is 2. The minimum absolute atomic E-state index is 0.0667. The lowest BCUT2D eigenvalue weighted by Crippen LogP contribution is -2.28. The zero-order chi connectivity index (χ0) is 21.4. The number of pyridine rings is 1. The van der Waals surface area contributed by atoms with Crippen molar-refractivity contribution < 1.29 is 19.1 Å². The molecule has 0 atom stereocenters. The summed E-state index contributed by atoms with van der Waals surface area (Å²) in [5.74, 6) is 1.90. The highest BCUT2D eigenvalue weighted by molar-refractivity contribution is 6.01. The second kappa shape index (κ2) is 7.54. The quantitative estimate of drug-likeness (QED) is 0.612. The minimum atomic E-state index is -0.562. The molecule has 3 aromatic rings. The first-order valence-corrected chi connectivity index (χ1v) is 10.4. The highest BCUT2D eigenvalue weighted by Crippen LogP contribution is 2.49. The summed E-state index contributed by atoms with van der Waals surface area (Å²) < 4.78 is 10.5. The van der Waals surface area contributed by atoms with Crippen LogP contribution in [0, 0.1) is 6.92 Å². The third-order valence-electron chi connectivity index (χ3n) is 6.06. The van der Waals surface area contributed by atoms with Crippen molar-refractivity contribution >= 4 is 18.2 Å². The Hall–Kier alpha value is -3.67. The Morgan fingerprint density at radius 1 is 1.16 bits per heavy atom. The van der Waals surface area contributed by atoms with Gasteiger partial charge in [-0.05, 0) is 72.9 Å². The molecular formula is C25H22N2O4. The van der Waals surface area contributed by atoms with Gasteiger partial charge in [-0.1, -0.05) is 18.2 Å². The van der Waals surface area contributed by atoms with E-state index in [0.717, 1.165) is 47.4 Å². The van der Waals surface area contributed by atoms with Gasteiger partial charge in [0.25, 0.3) is 6.47 Å². The third-order valence-corrected chi connectivity index (χ3v) is 6.06. The molecule has 0 bridgehead atoms. The van der Waals surface area contributed by atoms with Crippen LogP contribution in [0.3, 0.4) is 0 Å². The number of anilines is 1. The molecule has 31 heavy (non-hydrogen) atoms. The van der Waals surface area contributed by atoms with Gasteiger partial charge in [-0.2, -0.15) is 0 Å². The van der Waals surface area contributed by atoms with E-state index in [9.17, 15) is 9.59 Å². The highest BCUT2D eigenvalue weighted by atomic mass is 16.5. The lowest BCUT2D eigenvalue weighted by Gasteiger charge is -2.17. The number of rotatable bonds is 6. The molecule has 2 heterocycles. The van der Waals surface area contributed by atoms with Crippen molar-refractivity contribution in [3.05, 3.63) is 71.3 Å². The molecule has 0 spiro atoms. The molecule has 1 fully saturated rings. The fraction of sp³-hybridized carbons (Fsp3) is 0.240. The van der Waals surface area contributed by atoms with E-state index in [1.807, 2.05) is 43.3 Å². The van der Waals surface area contributed by atoms with Crippen LogP contribution < -0.4 is 14.8 Å². The first-order chi connectivity index (χ1) is 15.1. The van der Waals surface area contributed by atoms with Gasteiger partial charge in [-0.3, -0.25) is 9.59 Å². The Bertz CT molecular complexity index is 1180. The summed E-state index contributed by atoms with van der Waals surface area (Å²) in [5, 5.41) is 3.00. The summed E-state index contributed by atoms with van der Waals surface area (Å²) in [6.07, 6.45) is 2.45. The van der Waals surface area contributed by atoms with E-state index >= 15 is 0 Å². The zero-order valence-corrected chi connectivity index (χ0v) is 17.2. The van der Waals surface area contributed by atoms with E-state index in [1.54, 1.807) is 12.1 Å². The maximum atomic E-state index is 13.2. The average Bonchev–Trinajstić information content (AvgIpc) is 3.46. The predicted molar refractivity (Wildman–Crippen MR) is 116 cm³/mol. The largest absolute Gasteiger partial charge is 0.493 e. The molecule has 1 saturated carbocycles.